The average Bonchev–Trinajstić information content (AvgIpc) is 3.43. The molecule has 2 N–H and O–H groups in total. The quantitative estimate of drug-likeness (QED) is 0.0609. The maximum atomic E-state index is 13.9. The molecule has 2 saturated carbocycles. The molecule has 0 radical (unpaired) electrons. The number of aromatic nitrogens is 2. The van der Waals surface area contributed by atoms with Gasteiger partial charge in [0.05, 0.1) is 79.2 Å². The van der Waals surface area contributed by atoms with Crippen LogP contribution in [0.3, 0.4) is 0 Å². The van der Waals surface area contributed by atoms with Gasteiger partial charge in [-0.25, -0.2) is 19.6 Å². The van der Waals surface area contributed by atoms with Gasteiger partial charge < -0.3 is 48.4 Å². The maximum absolute atomic E-state index is 13.9. The summed E-state index contributed by atoms with van der Waals surface area (Å²) >= 11 is 5.71. The first-order valence-corrected chi connectivity index (χ1v) is 26.0. The van der Waals surface area contributed by atoms with E-state index in [9.17, 15) is 29.4 Å². The number of halogens is 1. The van der Waals surface area contributed by atoms with Crippen molar-refractivity contribution in [3.63, 3.8) is 0 Å². The van der Waals surface area contributed by atoms with Crippen LogP contribution in [0.5, 0.6) is 17.4 Å². The topological polar surface area (TPSA) is 196 Å². The summed E-state index contributed by atoms with van der Waals surface area (Å²) in [6.07, 6.45) is 7.14. The number of esters is 1. The Kier molecular flexibility index (Phi) is 22.3. The lowest BCUT2D eigenvalue weighted by atomic mass is 9.82. The largest absolute Gasteiger partial charge is 0.508 e. The van der Waals surface area contributed by atoms with Crippen LogP contribution in [0.25, 0.3) is 21.8 Å². The van der Waals surface area contributed by atoms with Crippen LogP contribution in [-0.2, 0) is 33.3 Å². The van der Waals surface area contributed by atoms with Gasteiger partial charge in [0.15, 0.2) is 0 Å². The number of phenolic OH excluding ortho intramolecular Hbond substituents is 1. The highest BCUT2D eigenvalue weighted by atomic mass is 35.5. The average molecular weight is 1060 g/mol. The van der Waals surface area contributed by atoms with Gasteiger partial charge in [0.2, 0.25) is 17.7 Å². The van der Waals surface area contributed by atoms with Crippen molar-refractivity contribution >= 4 is 68.5 Å². The Morgan fingerprint density at radius 2 is 1.04 bits per heavy atom. The number of benzene rings is 4. The van der Waals surface area contributed by atoms with E-state index in [1.165, 1.54) is 25.3 Å². The van der Waals surface area contributed by atoms with Crippen molar-refractivity contribution in [2.24, 2.45) is 23.7 Å². The molecule has 0 unspecified atom stereocenters. The normalized spacial score (nSPS) is 17.2. The molecule has 6 aromatic rings. The number of aromatic hydroxyl groups is 1. The van der Waals surface area contributed by atoms with E-state index in [0.717, 1.165) is 73.2 Å². The van der Waals surface area contributed by atoms with Crippen molar-refractivity contribution < 1.29 is 57.8 Å². The Bertz CT molecular complexity index is 2860. The van der Waals surface area contributed by atoms with Crippen molar-refractivity contribution in [1.82, 2.24) is 9.97 Å². The molecule has 406 valence electrons. The minimum absolute atomic E-state index is 0.0342. The number of rotatable bonds is 18. The summed E-state index contributed by atoms with van der Waals surface area (Å²) in [5.41, 5.74) is 2.52. The zero-order chi connectivity index (χ0) is 54.7. The van der Waals surface area contributed by atoms with E-state index in [1.54, 1.807) is 68.6 Å². The SMILES string of the molecule is COCC(COC)N(C(=O)C1CCC(C)CC1)c1ccc(O)cc1C(=O)OC.COCC(COC)N(C(=O)C1CCC(C)CC1)c1ccc(Oc2ccc3ccccc3n2)cc1C(=O)O.Clc1ccc2ccccc2n1. The van der Waals surface area contributed by atoms with Crippen molar-refractivity contribution in [3.8, 4) is 17.4 Å². The van der Waals surface area contributed by atoms with Crippen LogP contribution in [-0.4, -0.2) is 118 Å². The molecular weight excluding hydrogens is 992 g/mol. The summed E-state index contributed by atoms with van der Waals surface area (Å²) in [5.74, 6) is -0.421. The Balaban J connectivity index is 0.000000210. The molecule has 76 heavy (non-hydrogen) atoms. The fourth-order valence-electron chi connectivity index (χ4n) is 9.80. The van der Waals surface area contributed by atoms with Gasteiger partial charge in [-0.2, -0.15) is 0 Å². The third kappa shape index (κ3) is 15.7. The predicted molar refractivity (Wildman–Crippen MR) is 294 cm³/mol. The number of carbonyl (C=O) groups is 4. The zero-order valence-corrected chi connectivity index (χ0v) is 45.2. The number of para-hydroxylation sites is 2. The van der Waals surface area contributed by atoms with E-state index in [4.69, 9.17) is 40.0 Å². The molecule has 0 bridgehead atoms. The molecule has 2 heterocycles. The zero-order valence-electron chi connectivity index (χ0n) is 44.5. The van der Waals surface area contributed by atoms with Gasteiger partial charge in [0.1, 0.15) is 16.7 Å². The number of amides is 2. The molecule has 0 aliphatic heterocycles. The summed E-state index contributed by atoms with van der Waals surface area (Å²) in [6.45, 7) is 5.33. The molecule has 17 heteroatoms. The molecule has 0 saturated heterocycles. The summed E-state index contributed by atoms with van der Waals surface area (Å²) in [4.78, 5) is 64.0. The first-order valence-electron chi connectivity index (χ1n) is 25.6. The van der Waals surface area contributed by atoms with Gasteiger partial charge in [-0.1, -0.05) is 61.8 Å². The number of aromatic carboxylic acids is 1. The number of carboxylic acids is 1. The minimum Gasteiger partial charge on any atom is -0.508 e. The second-order valence-electron chi connectivity index (χ2n) is 19.4. The number of carboxylic acid groups (broad SMARTS) is 1. The number of anilines is 2. The molecular formula is C59H71ClN4O12. The molecule has 2 aliphatic rings. The standard InChI is InChI=1S/C29H34N2O6.C21H31NO6.C9H6ClN/c1-19-8-10-21(11-9-19)28(32)31(22(17-35-2)18-36-3)26-14-13-23(16-24(26)29(33)34)37-27-15-12-20-6-4-5-7-25(20)30-27;1-14-5-7-15(8-6-14)20(24)22(16(12-26-2)13-27-3)19-10-9-17(23)11-18(19)21(25)28-4;10-9-6-5-7-3-1-2-4-8(7)11-9/h4-7,12-16,19,21-22H,8-11,17-18H2,1-3H3,(H,33,34);9-11,14-16,23H,5-8,12-13H2,1-4H3;1-6H. The van der Waals surface area contributed by atoms with Crippen LogP contribution < -0.4 is 14.5 Å². The number of carbonyl (C=O) groups excluding carboxylic acids is 3. The van der Waals surface area contributed by atoms with Gasteiger partial charge in [-0.15, -0.1) is 0 Å². The number of pyridine rings is 2. The van der Waals surface area contributed by atoms with Gasteiger partial charge in [-0.3, -0.25) is 9.59 Å². The van der Waals surface area contributed by atoms with E-state index >= 15 is 0 Å². The maximum Gasteiger partial charge on any atom is 0.340 e. The number of hydrogen-bond donors (Lipinski definition) is 2. The second kappa shape index (κ2) is 29.0. The number of nitrogens with zero attached hydrogens (tertiary/aromatic N) is 4. The highest BCUT2D eigenvalue weighted by molar-refractivity contribution is 6.29. The van der Waals surface area contributed by atoms with Crippen LogP contribution in [0.1, 0.15) is 85.9 Å². The third-order valence-electron chi connectivity index (χ3n) is 13.8. The Hall–Kier alpha value is -6.69. The van der Waals surface area contributed by atoms with E-state index < -0.39 is 24.0 Å². The molecule has 2 fully saturated rings. The fraction of sp³-hybridized carbons (Fsp3) is 0.424. The Labute approximate surface area is 450 Å². The molecule has 0 atom stereocenters. The predicted octanol–water partition coefficient (Wildman–Crippen LogP) is 11.4. The van der Waals surface area contributed by atoms with Crippen LogP contribution in [0.2, 0.25) is 5.15 Å². The van der Waals surface area contributed by atoms with E-state index in [0.29, 0.717) is 40.0 Å². The third-order valence-corrected chi connectivity index (χ3v) is 14.0. The van der Waals surface area contributed by atoms with E-state index in [-0.39, 0.29) is 67.0 Å². The fourth-order valence-corrected chi connectivity index (χ4v) is 9.95. The minimum atomic E-state index is -1.16. The molecule has 2 aliphatic carbocycles. The van der Waals surface area contributed by atoms with Gasteiger partial charge >= 0.3 is 11.9 Å². The van der Waals surface area contributed by atoms with Crippen molar-refractivity contribution in [1.29, 1.82) is 0 Å². The van der Waals surface area contributed by atoms with Crippen LogP contribution in [0.4, 0.5) is 11.4 Å². The number of fused-ring (bicyclic) bond motifs is 2. The highest BCUT2D eigenvalue weighted by Gasteiger charge is 2.37. The Morgan fingerprint density at radius 1 is 0.579 bits per heavy atom. The smallest absolute Gasteiger partial charge is 0.340 e. The van der Waals surface area contributed by atoms with Crippen molar-refractivity contribution in [2.45, 2.75) is 77.3 Å². The van der Waals surface area contributed by atoms with Crippen LogP contribution >= 0.6 is 11.6 Å². The lowest BCUT2D eigenvalue weighted by molar-refractivity contribution is -0.125. The summed E-state index contributed by atoms with van der Waals surface area (Å²) < 4.78 is 32.2. The van der Waals surface area contributed by atoms with Crippen molar-refractivity contribution in [3.05, 3.63) is 125 Å². The second-order valence-corrected chi connectivity index (χ2v) is 19.8. The van der Waals surface area contributed by atoms with Crippen molar-refractivity contribution in [2.75, 3.05) is 71.8 Å². The molecule has 8 rings (SSSR count). The van der Waals surface area contributed by atoms with Gasteiger partial charge in [-0.05, 0) is 130 Å². The molecule has 0 spiro atoms. The highest BCUT2D eigenvalue weighted by Crippen LogP contribution is 2.37. The number of methoxy groups -OCH3 is 5. The summed E-state index contributed by atoms with van der Waals surface area (Å²) in [6, 6.07) is 31.2. The molecule has 16 nitrogen and oxygen atoms in total. The number of phenols is 1. The molecule has 2 amide bonds. The number of ether oxygens (including phenoxy) is 6. The van der Waals surface area contributed by atoms with Crippen LogP contribution in [0.15, 0.2) is 109 Å². The van der Waals surface area contributed by atoms with Gasteiger partial charge in [0.25, 0.3) is 0 Å². The molecule has 4 aromatic carbocycles. The monoisotopic (exact) mass is 1060 g/mol. The summed E-state index contributed by atoms with van der Waals surface area (Å²) in [5, 5.41) is 22.7. The molecule has 2 aromatic heterocycles. The van der Waals surface area contributed by atoms with E-state index in [1.807, 2.05) is 60.7 Å². The first-order chi connectivity index (χ1) is 36.7. The van der Waals surface area contributed by atoms with E-state index in [2.05, 4.69) is 23.8 Å². The number of hydrogen-bond acceptors (Lipinski definition) is 13. The summed E-state index contributed by atoms with van der Waals surface area (Å²) in [7, 11) is 7.50. The van der Waals surface area contributed by atoms with Gasteiger partial charge in [0, 0.05) is 57.1 Å². The lowest BCUT2D eigenvalue weighted by Gasteiger charge is -2.36. The Morgan fingerprint density at radius 3 is 1.53 bits per heavy atom. The lowest BCUT2D eigenvalue weighted by Crippen LogP contribution is -2.49. The van der Waals surface area contributed by atoms with Crippen LogP contribution in [0, 0.1) is 23.7 Å². The first kappa shape index (κ1) is 58.6.